The van der Waals surface area contributed by atoms with Crippen molar-refractivity contribution in [2.24, 2.45) is 5.73 Å². The van der Waals surface area contributed by atoms with Crippen LogP contribution < -0.4 is 48.3 Å². The van der Waals surface area contributed by atoms with Gasteiger partial charge in [0, 0.05) is 47.9 Å². The Morgan fingerprint density at radius 3 is 2.01 bits per heavy atom. The molecule has 0 spiro atoms. The number of aromatic nitrogens is 1. The summed E-state index contributed by atoms with van der Waals surface area (Å²) >= 11 is 0. The van der Waals surface area contributed by atoms with Crippen molar-refractivity contribution >= 4 is 79.7 Å². The van der Waals surface area contributed by atoms with Gasteiger partial charge >= 0.3 is 0 Å². The predicted octanol–water partition coefficient (Wildman–Crippen LogP) is -0.0122. The van der Waals surface area contributed by atoms with Crippen LogP contribution in [-0.2, 0) is 51.2 Å². The molecule has 412 valence electrons. The van der Waals surface area contributed by atoms with Crippen LogP contribution in [-0.4, -0.2) is 152 Å². The standard InChI is InChI=1S/C52H70N10O12S2/c1-4-44(67)55-38(32-12-6-5-7-13-32)24-45(68)56-42-27-75-76-28-43(51(73)60-41(26-63)29(2)64)61-52(74)46(30(3)65)62-47(69)37(16-10-11-21-53)57-49(71)40(23-33-25-54-36-15-9-8-14-35(33)36)59-48(70)39(58-50(42)72)22-31-17-19-34(66)20-18-31/h5-9,12-15,17-20,25,29-30,37-43,46,54,63-66H,4,10-11,16,21-24,26-28,53H2,1-3H3,(H,55,67)(H,56,68)(H,57,71)(H,58,72)(H,59,70)(H,60,73)(H,61,74)(H,62,69). The lowest BCUT2D eigenvalue weighted by atomic mass is 10.0. The molecular formula is C52H70N10O12S2. The number of para-hydroxylation sites is 1. The number of phenols is 1. The number of carbonyl (C=O) groups excluding carboxylic acids is 8. The summed E-state index contributed by atoms with van der Waals surface area (Å²) in [5.41, 5.74) is 8.25. The van der Waals surface area contributed by atoms with Gasteiger partial charge < -0.3 is 73.7 Å². The number of carbonyl (C=O) groups is 8. The van der Waals surface area contributed by atoms with Gasteiger partial charge in [0.2, 0.25) is 47.3 Å². The fourth-order valence-corrected chi connectivity index (χ4v) is 10.5. The Bertz CT molecular complexity index is 2590. The molecule has 10 unspecified atom stereocenters. The van der Waals surface area contributed by atoms with E-state index in [1.807, 2.05) is 18.2 Å². The molecular weight excluding hydrogens is 1020 g/mol. The quantitative estimate of drug-likeness (QED) is 0.0434. The van der Waals surface area contributed by atoms with Crippen molar-refractivity contribution in [2.75, 3.05) is 24.7 Å². The fraction of sp³-hybridized carbons (Fsp3) is 0.462. The van der Waals surface area contributed by atoms with Gasteiger partial charge in [0.1, 0.15) is 42.0 Å². The molecule has 15 N–H and O–H groups in total. The van der Waals surface area contributed by atoms with Crippen LogP contribution >= 0.6 is 21.6 Å². The van der Waals surface area contributed by atoms with E-state index in [0.717, 1.165) is 32.5 Å². The Labute approximate surface area is 448 Å². The normalized spacial score (nSPS) is 22.0. The van der Waals surface area contributed by atoms with Gasteiger partial charge in [-0.2, -0.15) is 0 Å². The van der Waals surface area contributed by atoms with E-state index in [-0.39, 0.29) is 61.8 Å². The van der Waals surface area contributed by atoms with E-state index >= 15 is 0 Å². The second-order valence-corrected chi connectivity index (χ2v) is 21.1. The SMILES string of the molecule is CCC(=O)NC(CC(=O)NC1CSSCC(C(=O)NC(CO)C(C)O)NC(=O)C(C(C)O)NC(=O)C(CCCCN)NC(=O)C(Cc2c[nH]c3ccccc23)NC(=O)C(Cc2ccc(O)cc2)NC1=O)c1ccccc1. The van der Waals surface area contributed by atoms with Crippen LogP contribution in [0.1, 0.15) is 75.6 Å². The number of aromatic amines is 1. The van der Waals surface area contributed by atoms with E-state index in [9.17, 15) is 58.8 Å². The number of amides is 8. The average Bonchev–Trinajstić information content (AvgIpc) is 3.81. The maximum Gasteiger partial charge on any atom is 0.245 e. The molecule has 0 radical (unpaired) electrons. The Hall–Kier alpha value is -6.70. The van der Waals surface area contributed by atoms with Crippen LogP contribution in [0.15, 0.2) is 85.1 Å². The Balaban J connectivity index is 1.59. The number of rotatable bonds is 19. The molecule has 24 heteroatoms. The molecule has 8 amide bonds. The van der Waals surface area contributed by atoms with Gasteiger partial charge in [0.15, 0.2) is 0 Å². The summed E-state index contributed by atoms with van der Waals surface area (Å²) in [6.07, 6.45) is -0.835. The number of fused-ring (bicyclic) bond motifs is 1. The molecule has 1 saturated heterocycles. The molecule has 3 aromatic carbocycles. The Kier molecular flexibility index (Phi) is 23.9. The van der Waals surface area contributed by atoms with Gasteiger partial charge in [0.05, 0.1) is 37.3 Å². The Morgan fingerprint density at radius 2 is 1.36 bits per heavy atom. The lowest BCUT2D eigenvalue weighted by Crippen LogP contribution is -2.62. The third-order valence-electron chi connectivity index (χ3n) is 12.6. The summed E-state index contributed by atoms with van der Waals surface area (Å²) in [5.74, 6) is -6.78. The van der Waals surface area contributed by atoms with Crippen LogP contribution in [0.25, 0.3) is 10.9 Å². The molecule has 1 fully saturated rings. The molecule has 4 aromatic rings. The third-order valence-corrected chi connectivity index (χ3v) is 15.0. The van der Waals surface area contributed by atoms with Crippen LogP contribution in [0.3, 0.4) is 0 Å². The monoisotopic (exact) mass is 1090 g/mol. The number of H-pyrrole nitrogens is 1. The van der Waals surface area contributed by atoms with E-state index in [0.29, 0.717) is 29.5 Å². The van der Waals surface area contributed by atoms with Crippen molar-refractivity contribution in [1.29, 1.82) is 0 Å². The molecule has 10 atom stereocenters. The van der Waals surface area contributed by atoms with Crippen molar-refractivity contribution in [3.8, 4) is 5.75 Å². The molecule has 0 bridgehead atoms. The van der Waals surface area contributed by atoms with Gasteiger partial charge in [-0.05, 0) is 74.5 Å². The number of phenolic OH excluding ortho intramolecular Hbond substituents is 1. The number of aliphatic hydroxyl groups is 3. The van der Waals surface area contributed by atoms with Crippen molar-refractivity contribution in [3.63, 3.8) is 0 Å². The maximum absolute atomic E-state index is 14.8. The van der Waals surface area contributed by atoms with Crippen molar-refractivity contribution in [2.45, 2.75) is 126 Å². The summed E-state index contributed by atoms with van der Waals surface area (Å²) < 4.78 is 0. The first-order valence-corrected chi connectivity index (χ1v) is 27.6. The van der Waals surface area contributed by atoms with Crippen molar-refractivity contribution < 1.29 is 58.8 Å². The summed E-state index contributed by atoms with van der Waals surface area (Å²) in [7, 11) is 1.98. The number of aromatic hydroxyl groups is 1. The number of unbranched alkanes of at least 4 members (excludes halogenated alkanes) is 1. The minimum atomic E-state index is -1.70. The fourth-order valence-electron chi connectivity index (χ4n) is 8.18. The number of nitrogens with two attached hydrogens (primary N) is 1. The van der Waals surface area contributed by atoms with Gasteiger partial charge in [-0.15, -0.1) is 0 Å². The average molecular weight is 1090 g/mol. The Morgan fingerprint density at radius 1 is 0.724 bits per heavy atom. The summed E-state index contributed by atoms with van der Waals surface area (Å²) in [6, 6.07) is 11.1. The van der Waals surface area contributed by atoms with Crippen molar-refractivity contribution in [1.82, 2.24) is 47.5 Å². The lowest BCUT2D eigenvalue weighted by molar-refractivity contribution is -0.136. The van der Waals surface area contributed by atoms with Gasteiger partial charge in [-0.1, -0.05) is 89.2 Å². The molecule has 0 aliphatic carbocycles. The number of nitrogens with one attached hydrogen (secondary N) is 9. The van der Waals surface area contributed by atoms with Crippen LogP contribution in [0, 0.1) is 0 Å². The van der Waals surface area contributed by atoms with Crippen LogP contribution in [0.5, 0.6) is 5.75 Å². The molecule has 1 aromatic heterocycles. The minimum Gasteiger partial charge on any atom is -0.508 e. The van der Waals surface area contributed by atoms with E-state index in [2.05, 4.69) is 47.5 Å². The zero-order valence-electron chi connectivity index (χ0n) is 42.6. The largest absolute Gasteiger partial charge is 0.508 e. The summed E-state index contributed by atoms with van der Waals surface area (Å²) in [6.45, 7) is 3.80. The molecule has 76 heavy (non-hydrogen) atoms. The summed E-state index contributed by atoms with van der Waals surface area (Å²) in [5, 5.41) is 63.4. The smallest absolute Gasteiger partial charge is 0.245 e. The number of hydrogen-bond donors (Lipinski definition) is 14. The van der Waals surface area contributed by atoms with E-state index in [1.165, 1.54) is 26.0 Å². The van der Waals surface area contributed by atoms with Gasteiger partial charge in [0.25, 0.3) is 0 Å². The number of aliphatic hydroxyl groups excluding tert-OH is 3. The molecule has 22 nitrogen and oxygen atoms in total. The molecule has 5 rings (SSSR count). The highest BCUT2D eigenvalue weighted by molar-refractivity contribution is 8.76. The maximum atomic E-state index is 14.8. The van der Waals surface area contributed by atoms with E-state index in [4.69, 9.17) is 5.73 Å². The first kappa shape index (κ1) is 60.2. The highest BCUT2D eigenvalue weighted by atomic mass is 33.1. The zero-order valence-corrected chi connectivity index (χ0v) is 44.2. The number of benzene rings is 3. The highest BCUT2D eigenvalue weighted by Gasteiger charge is 2.36. The second kappa shape index (κ2) is 30.1. The van der Waals surface area contributed by atoms with E-state index in [1.54, 1.807) is 61.7 Å². The van der Waals surface area contributed by atoms with Gasteiger partial charge in [-0.25, -0.2) is 0 Å². The molecule has 1 aliphatic heterocycles. The van der Waals surface area contributed by atoms with E-state index < -0.39 is 108 Å². The number of hydrogen-bond acceptors (Lipinski definition) is 15. The van der Waals surface area contributed by atoms with Gasteiger partial charge in [-0.3, -0.25) is 38.4 Å². The van der Waals surface area contributed by atoms with Crippen molar-refractivity contribution in [3.05, 3.63) is 102 Å². The highest BCUT2D eigenvalue weighted by Crippen LogP contribution is 2.25. The second-order valence-electron chi connectivity index (χ2n) is 18.5. The third kappa shape index (κ3) is 18.3. The topological polar surface area (TPSA) is 356 Å². The zero-order chi connectivity index (χ0) is 55.3. The first-order chi connectivity index (χ1) is 36.4. The minimum absolute atomic E-state index is 0.00116. The van der Waals surface area contributed by atoms with Crippen LogP contribution in [0.4, 0.5) is 0 Å². The summed E-state index contributed by atoms with van der Waals surface area (Å²) in [4.78, 5) is 116. The predicted molar refractivity (Wildman–Crippen MR) is 288 cm³/mol. The molecule has 1 aliphatic rings. The molecule has 0 saturated carbocycles. The van der Waals surface area contributed by atoms with Crippen LogP contribution in [0.2, 0.25) is 0 Å². The first-order valence-electron chi connectivity index (χ1n) is 25.1. The molecule has 2 heterocycles. The lowest BCUT2D eigenvalue weighted by Gasteiger charge is -2.29.